The minimum Gasteiger partial charge on any atom is -0.467 e. The molecule has 0 aliphatic heterocycles. The van der Waals surface area contributed by atoms with Gasteiger partial charge in [-0.3, -0.25) is 24.6 Å². The van der Waals surface area contributed by atoms with Crippen LogP contribution >= 0.6 is 0 Å². The van der Waals surface area contributed by atoms with Gasteiger partial charge in [0.15, 0.2) is 0 Å². The molecule has 216 valence electrons. The Hall–Kier alpha value is -4.69. The Kier molecular flexibility index (Phi) is 11.4. The van der Waals surface area contributed by atoms with E-state index in [0.717, 1.165) is 5.56 Å². The van der Waals surface area contributed by atoms with Crippen LogP contribution in [0.5, 0.6) is 0 Å². The van der Waals surface area contributed by atoms with Crippen molar-refractivity contribution in [2.24, 2.45) is 5.10 Å². The minimum absolute atomic E-state index is 0.130. The van der Waals surface area contributed by atoms with Crippen LogP contribution in [0.3, 0.4) is 0 Å². The van der Waals surface area contributed by atoms with Crippen LogP contribution < -0.4 is 16.1 Å². The van der Waals surface area contributed by atoms with Crippen LogP contribution in [0.2, 0.25) is 0 Å². The van der Waals surface area contributed by atoms with E-state index in [1.807, 2.05) is 6.07 Å². The molecule has 0 saturated heterocycles. The van der Waals surface area contributed by atoms with Crippen molar-refractivity contribution in [3.63, 3.8) is 0 Å². The summed E-state index contributed by atoms with van der Waals surface area (Å²) in [6.07, 6.45) is 7.44. The normalized spacial score (nSPS) is 12.0. The molecule has 0 saturated carbocycles. The summed E-state index contributed by atoms with van der Waals surface area (Å²) < 4.78 is 37.1. The lowest BCUT2D eigenvalue weighted by Crippen LogP contribution is -2.41. The number of pyridine rings is 2. The van der Waals surface area contributed by atoms with Crippen molar-refractivity contribution < 1.29 is 32.1 Å². The summed E-state index contributed by atoms with van der Waals surface area (Å²) in [5, 5.41) is 9.38. The largest absolute Gasteiger partial charge is 0.467 e. The number of anilines is 1. The predicted octanol–water partition coefficient (Wildman–Crippen LogP) is 1.97. The standard InChI is InChI=1S/C27H30N6O7S/c1-40-27(36)22(9-4-5-14-29-25(34)15-19-7-6-13-28-16-19)32-26(35)21-11-12-24(30-17-21)33-31-18-20-8-2-3-10-23(20)41(37,38)39/h2-3,6-8,10-13,16-18,22H,4-5,9,14-15H2,1H3,(H,29,34)(H,30,33)(H,32,35)(H,37,38,39)/b31-18-. The van der Waals surface area contributed by atoms with Gasteiger partial charge < -0.3 is 15.4 Å². The number of hydrazone groups is 1. The Morgan fingerprint density at radius 3 is 2.56 bits per heavy atom. The first kappa shape index (κ1) is 30.8. The van der Waals surface area contributed by atoms with Crippen LogP contribution in [0.1, 0.15) is 40.7 Å². The fraction of sp³-hybridized carbons (Fsp3) is 0.259. The van der Waals surface area contributed by atoms with Crippen molar-refractivity contribution in [1.29, 1.82) is 0 Å². The maximum atomic E-state index is 12.7. The third-order valence-corrected chi connectivity index (χ3v) is 6.65. The molecule has 4 N–H and O–H groups in total. The van der Waals surface area contributed by atoms with E-state index >= 15 is 0 Å². The highest BCUT2D eigenvalue weighted by Gasteiger charge is 2.22. The van der Waals surface area contributed by atoms with Crippen LogP contribution in [0, 0.1) is 0 Å². The minimum atomic E-state index is -4.42. The maximum Gasteiger partial charge on any atom is 0.328 e. The van der Waals surface area contributed by atoms with E-state index in [4.69, 9.17) is 4.74 Å². The first-order valence-corrected chi connectivity index (χ1v) is 14.0. The highest BCUT2D eigenvalue weighted by molar-refractivity contribution is 7.86. The average molecular weight is 583 g/mol. The molecule has 13 nitrogen and oxygen atoms in total. The molecule has 2 heterocycles. The molecule has 0 spiro atoms. The number of benzene rings is 1. The summed E-state index contributed by atoms with van der Waals surface area (Å²) in [6, 6.07) is 11.4. The van der Waals surface area contributed by atoms with E-state index in [2.05, 4.69) is 31.1 Å². The number of carbonyl (C=O) groups excluding carboxylic acids is 3. The number of carbonyl (C=O) groups is 3. The Morgan fingerprint density at radius 2 is 1.88 bits per heavy atom. The monoisotopic (exact) mass is 582 g/mol. The molecule has 2 aromatic heterocycles. The summed E-state index contributed by atoms with van der Waals surface area (Å²) in [7, 11) is -3.18. The van der Waals surface area contributed by atoms with E-state index in [1.165, 1.54) is 49.9 Å². The smallest absolute Gasteiger partial charge is 0.328 e. The van der Waals surface area contributed by atoms with Gasteiger partial charge in [0.1, 0.15) is 16.8 Å². The summed E-state index contributed by atoms with van der Waals surface area (Å²) in [5.74, 6) is -0.994. The van der Waals surface area contributed by atoms with Gasteiger partial charge in [0.25, 0.3) is 16.0 Å². The Morgan fingerprint density at radius 1 is 1.07 bits per heavy atom. The van der Waals surface area contributed by atoms with Crippen LogP contribution in [0.15, 0.2) is 77.1 Å². The molecule has 0 aliphatic rings. The maximum absolute atomic E-state index is 12.7. The van der Waals surface area contributed by atoms with Gasteiger partial charge in [0.05, 0.1) is 25.3 Å². The molecule has 41 heavy (non-hydrogen) atoms. The van der Waals surface area contributed by atoms with Gasteiger partial charge in [-0.25, -0.2) is 9.78 Å². The molecule has 3 rings (SSSR count). The second-order valence-electron chi connectivity index (χ2n) is 8.75. The number of unbranched alkanes of at least 4 members (excludes halogenated alkanes) is 1. The molecule has 1 unspecified atom stereocenters. The van der Waals surface area contributed by atoms with Gasteiger partial charge in [0, 0.05) is 30.7 Å². The fourth-order valence-electron chi connectivity index (χ4n) is 3.67. The highest BCUT2D eigenvalue weighted by Crippen LogP contribution is 2.13. The molecule has 2 amide bonds. The highest BCUT2D eigenvalue weighted by atomic mass is 32.2. The van der Waals surface area contributed by atoms with Gasteiger partial charge in [0.2, 0.25) is 5.91 Å². The van der Waals surface area contributed by atoms with E-state index in [0.29, 0.717) is 25.8 Å². The Labute approximate surface area is 237 Å². The summed E-state index contributed by atoms with van der Waals surface area (Å²) >= 11 is 0. The second kappa shape index (κ2) is 15.2. The zero-order valence-corrected chi connectivity index (χ0v) is 23.0. The average Bonchev–Trinajstić information content (AvgIpc) is 2.96. The second-order valence-corrected chi connectivity index (χ2v) is 10.1. The number of rotatable bonds is 14. The van der Waals surface area contributed by atoms with E-state index in [1.54, 1.807) is 24.5 Å². The number of ether oxygens (including phenoxy) is 1. The lowest BCUT2D eigenvalue weighted by Gasteiger charge is -2.16. The van der Waals surface area contributed by atoms with Crippen molar-refractivity contribution in [3.8, 4) is 0 Å². The summed E-state index contributed by atoms with van der Waals surface area (Å²) in [4.78, 5) is 44.8. The number of nitrogens with zero attached hydrogens (tertiary/aromatic N) is 3. The van der Waals surface area contributed by atoms with Crippen LogP contribution in [-0.4, -0.2) is 66.6 Å². The predicted molar refractivity (Wildman–Crippen MR) is 150 cm³/mol. The number of methoxy groups -OCH3 is 1. The lowest BCUT2D eigenvalue weighted by molar-refractivity contribution is -0.143. The van der Waals surface area contributed by atoms with E-state index in [9.17, 15) is 27.4 Å². The van der Waals surface area contributed by atoms with E-state index < -0.39 is 28.0 Å². The lowest BCUT2D eigenvalue weighted by atomic mass is 10.1. The van der Waals surface area contributed by atoms with Crippen molar-refractivity contribution >= 4 is 39.9 Å². The third-order valence-electron chi connectivity index (χ3n) is 5.73. The van der Waals surface area contributed by atoms with Crippen molar-refractivity contribution in [1.82, 2.24) is 20.6 Å². The van der Waals surface area contributed by atoms with E-state index in [-0.39, 0.29) is 34.2 Å². The zero-order valence-electron chi connectivity index (χ0n) is 22.2. The molecule has 0 fully saturated rings. The summed E-state index contributed by atoms with van der Waals surface area (Å²) in [6.45, 7) is 0.420. The number of hydrogen-bond donors (Lipinski definition) is 4. The van der Waals surface area contributed by atoms with Gasteiger partial charge in [-0.1, -0.05) is 24.3 Å². The number of amides is 2. The van der Waals surface area contributed by atoms with Crippen molar-refractivity contribution in [2.45, 2.75) is 36.6 Å². The van der Waals surface area contributed by atoms with Gasteiger partial charge in [-0.15, -0.1) is 0 Å². The van der Waals surface area contributed by atoms with Crippen molar-refractivity contribution in [3.05, 3.63) is 83.8 Å². The molecule has 0 radical (unpaired) electrons. The number of esters is 1. The molecule has 3 aromatic rings. The summed E-state index contributed by atoms with van der Waals surface area (Å²) in [5.41, 5.74) is 3.78. The zero-order chi connectivity index (χ0) is 29.7. The Balaban J connectivity index is 1.47. The number of aromatic nitrogens is 2. The molecular weight excluding hydrogens is 552 g/mol. The van der Waals surface area contributed by atoms with Crippen LogP contribution in [0.4, 0.5) is 5.82 Å². The number of nitrogens with one attached hydrogen (secondary N) is 3. The number of hydrogen-bond acceptors (Lipinski definition) is 10. The first-order chi connectivity index (χ1) is 19.7. The van der Waals surface area contributed by atoms with Gasteiger partial charge in [-0.2, -0.15) is 13.5 Å². The molecular formula is C27H30N6O7S. The molecule has 1 atom stereocenters. The van der Waals surface area contributed by atoms with Crippen LogP contribution in [0.25, 0.3) is 0 Å². The molecule has 0 aliphatic carbocycles. The fourth-order valence-corrected chi connectivity index (χ4v) is 4.34. The molecule has 1 aromatic carbocycles. The third kappa shape index (κ3) is 10.1. The Bertz CT molecular complexity index is 1460. The quantitative estimate of drug-likeness (QED) is 0.0719. The molecule has 14 heteroatoms. The van der Waals surface area contributed by atoms with Crippen molar-refractivity contribution in [2.75, 3.05) is 19.1 Å². The topological polar surface area (TPSA) is 189 Å². The molecule has 0 bridgehead atoms. The van der Waals surface area contributed by atoms with Gasteiger partial charge >= 0.3 is 5.97 Å². The van der Waals surface area contributed by atoms with Crippen LogP contribution in [-0.2, 0) is 30.9 Å². The first-order valence-electron chi connectivity index (χ1n) is 12.5. The SMILES string of the molecule is COC(=O)C(CCCCNC(=O)Cc1cccnc1)NC(=O)c1ccc(N/N=C\c2ccccc2S(=O)(=O)O)nc1. The van der Waals surface area contributed by atoms with Gasteiger partial charge in [-0.05, 0) is 49.1 Å².